The molecule has 2 aromatic rings. The molecular weight excluding hydrogens is 423 g/mol. The number of aromatic amines is 1. The van der Waals surface area contributed by atoms with E-state index in [0.29, 0.717) is 12.2 Å². The Morgan fingerprint density at radius 2 is 1.68 bits per heavy atom. The van der Waals surface area contributed by atoms with Gasteiger partial charge in [0.2, 0.25) is 0 Å². The van der Waals surface area contributed by atoms with Crippen LogP contribution in [0.15, 0.2) is 29.6 Å². The largest absolute Gasteiger partial charge is 0.451 e. The Bertz CT molecular complexity index is 1030. The van der Waals surface area contributed by atoms with Crippen molar-refractivity contribution in [2.45, 2.75) is 54.1 Å². The smallest absolute Gasteiger partial charge is 0.384 e. The molecule has 31 heavy (non-hydrogen) atoms. The second kappa shape index (κ2) is 9.51. The number of hydrogen-bond acceptors (Lipinski definition) is 8. The maximum absolute atomic E-state index is 12.8. The average Bonchev–Trinajstić information content (AvgIpc) is 3.07. The molecule has 2 heterocycles. The maximum atomic E-state index is 12.8. The van der Waals surface area contributed by atoms with Crippen molar-refractivity contribution in [3.63, 3.8) is 0 Å². The Morgan fingerprint density at radius 1 is 1.10 bits per heavy atom. The summed E-state index contributed by atoms with van der Waals surface area (Å²) >= 11 is 0. The van der Waals surface area contributed by atoms with Gasteiger partial charge in [-0.15, -0.1) is 0 Å². The van der Waals surface area contributed by atoms with Crippen molar-refractivity contribution in [3.05, 3.63) is 35.2 Å². The van der Waals surface area contributed by atoms with Crippen LogP contribution in [0.1, 0.15) is 41.5 Å². The summed E-state index contributed by atoms with van der Waals surface area (Å²) in [6, 6.07) is -1.48. The van der Waals surface area contributed by atoms with E-state index in [0.717, 1.165) is 0 Å². The van der Waals surface area contributed by atoms with Gasteiger partial charge in [-0.05, 0) is 47.6 Å². The highest BCUT2D eigenvalue weighted by atomic mass is 31.1. The SMILES string of the molecule is CC(C)(C)C(=O)OC(OC(=O)C(C)(C)C)[P+](=O)CC=CCn1cnc2c(=O)[nH]cnc21. The lowest BCUT2D eigenvalue weighted by atomic mass is 9.97. The van der Waals surface area contributed by atoms with E-state index in [4.69, 9.17) is 9.47 Å². The summed E-state index contributed by atoms with van der Waals surface area (Å²) in [6.07, 6.45) is 6.14. The fourth-order valence-corrected chi connectivity index (χ4v) is 3.11. The number of imidazole rings is 1. The van der Waals surface area contributed by atoms with Gasteiger partial charge in [0, 0.05) is 6.54 Å². The molecule has 1 unspecified atom stereocenters. The Kier molecular flexibility index (Phi) is 7.49. The zero-order valence-electron chi connectivity index (χ0n) is 18.5. The van der Waals surface area contributed by atoms with Crippen molar-refractivity contribution in [3.8, 4) is 0 Å². The standard InChI is InChI=1S/C20H27N4O6P/c1-19(2,3)16(26)29-18(30-17(27)20(4,5)6)31(28)10-8-7-9-24-12-23-13-14(24)21-11-22-15(13)25/h7-8,11-12,18H,9-10H2,1-6H3/p+1. The summed E-state index contributed by atoms with van der Waals surface area (Å²) in [5, 5.41) is 0. The molecule has 11 heteroatoms. The molecule has 0 spiro atoms. The highest BCUT2D eigenvalue weighted by Crippen LogP contribution is 2.34. The van der Waals surface area contributed by atoms with E-state index in [1.165, 1.54) is 12.7 Å². The third kappa shape index (κ3) is 6.55. The molecule has 10 nitrogen and oxygen atoms in total. The van der Waals surface area contributed by atoms with Crippen molar-refractivity contribution in [2.24, 2.45) is 10.8 Å². The predicted octanol–water partition coefficient (Wildman–Crippen LogP) is 2.97. The van der Waals surface area contributed by atoms with E-state index in [1.807, 2.05) is 0 Å². The number of aromatic nitrogens is 4. The van der Waals surface area contributed by atoms with Gasteiger partial charge in [-0.3, -0.25) is 14.4 Å². The zero-order chi connectivity index (χ0) is 23.4. The summed E-state index contributed by atoms with van der Waals surface area (Å²) in [4.78, 5) is 46.7. The lowest BCUT2D eigenvalue weighted by molar-refractivity contribution is -0.184. The minimum absolute atomic E-state index is 0.0233. The lowest BCUT2D eigenvalue weighted by Gasteiger charge is -2.21. The number of rotatable bonds is 7. The highest BCUT2D eigenvalue weighted by molar-refractivity contribution is 7.45. The molecule has 0 aliphatic rings. The first-order valence-electron chi connectivity index (χ1n) is 9.70. The number of ether oxygens (including phenoxy) is 2. The van der Waals surface area contributed by atoms with Crippen LogP contribution in [0.3, 0.4) is 0 Å². The first-order valence-corrected chi connectivity index (χ1v) is 11.2. The third-order valence-corrected chi connectivity index (χ3v) is 5.29. The number of esters is 2. The third-order valence-electron chi connectivity index (χ3n) is 4.04. The second-order valence-electron chi connectivity index (χ2n) is 8.99. The van der Waals surface area contributed by atoms with Crippen molar-refractivity contribution >= 4 is 30.9 Å². The lowest BCUT2D eigenvalue weighted by Crippen LogP contribution is -2.33. The molecule has 2 aromatic heterocycles. The van der Waals surface area contributed by atoms with Crippen molar-refractivity contribution in [1.29, 1.82) is 0 Å². The Hall–Kier alpha value is -2.87. The van der Waals surface area contributed by atoms with Gasteiger partial charge < -0.3 is 19.0 Å². The van der Waals surface area contributed by atoms with E-state index < -0.39 is 36.6 Å². The molecule has 0 bridgehead atoms. The van der Waals surface area contributed by atoms with Crippen LogP contribution in [0.25, 0.3) is 11.2 Å². The minimum Gasteiger partial charge on any atom is -0.384 e. The monoisotopic (exact) mass is 451 g/mol. The van der Waals surface area contributed by atoms with Gasteiger partial charge in [0.1, 0.15) is 0 Å². The van der Waals surface area contributed by atoms with Crippen LogP contribution in [0, 0.1) is 10.8 Å². The molecule has 0 saturated carbocycles. The summed E-state index contributed by atoms with van der Waals surface area (Å²) in [7, 11) is -2.23. The number of H-pyrrole nitrogens is 1. The van der Waals surface area contributed by atoms with E-state index in [9.17, 15) is 18.9 Å². The molecule has 0 amide bonds. The Labute approximate surface area is 180 Å². The van der Waals surface area contributed by atoms with Crippen molar-refractivity contribution in [1.82, 2.24) is 19.5 Å². The fraction of sp³-hybridized carbons (Fsp3) is 0.550. The molecule has 1 atom stereocenters. The number of nitrogens with one attached hydrogen (secondary N) is 1. The molecule has 0 radical (unpaired) electrons. The van der Waals surface area contributed by atoms with Crippen molar-refractivity contribution in [2.75, 3.05) is 6.16 Å². The number of allylic oxidation sites excluding steroid dienone is 2. The number of carbonyl (C=O) groups is 2. The van der Waals surface area contributed by atoms with Crippen LogP contribution in [0.2, 0.25) is 0 Å². The summed E-state index contributed by atoms with van der Waals surface area (Å²) in [5.41, 5.74) is -1.36. The summed E-state index contributed by atoms with van der Waals surface area (Å²) < 4.78 is 24.9. The van der Waals surface area contributed by atoms with E-state index in [2.05, 4.69) is 15.0 Å². The van der Waals surface area contributed by atoms with E-state index in [-0.39, 0.29) is 17.2 Å². The molecule has 2 rings (SSSR count). The Morgan fingerprint density at radius 3 is 2.23 bits per heavy atom. The van der Waals surface area contributed by atoms with Crippen LogP contribution in [0.4, 0.5) is 0 Å². The number of nitrogens with zero attached hydrogens (tertiary/aromatic N) is 3. The first-order chi connectivity index (χ1) is 14.3. The summed E-state index contributed by atoms with van der Waals surface area (Å²) in [6.45, 7) is 10.3. The van der Waals surface area contributed by atoms with Gasteiger partial charge in [0.05, 0.1) is 23.5 Å². The second-order valence-corrected chi connectivity index (χ2v) is 10.6. The van der Waals surface area contributed by atoms with Gasteiger partial charge >= 0.3 is 25.8 Å². The molecule has 1 N–H and O–H groups in total. The van der Waals surface area contributed by atoms with Gasteiger partial charge in [0.15, 0.2) is 17.3 Å². The average molecular weight is 451 g/mol. The van der Waals surface area contributed by atoms with Crippen LogP contribution in [-0.2, 0) is 30.2 Å². The van der Waals surface area contributed by atoms with Gasteiger partial charge in [-0.2, -0.15) is 0 Å². The highest BCUT2D eigenvalue weighted by Gasteiger charge is 2.41. The molecule has 0 saturated heterocycles. The quantitative estimate of drug-likeness (QED) is 0.294. The maximum Gasteiger partial charge on any atom is 0.451 e. The Balaban J connectivity index is 2.07. The topological polar surface area (TPSA) is 133 Å². The molecule has 168 valence electrons. The zero-order valence-corrected chi connectivity index (χ0v) is 19.4. The van der Waals surface area contributed by atoms with Crippen molar-refractivity contribution < 1.29 is 23.6 Å². The van der Waals surface area contributed by atoms with Crippen LogP contribution >= 0.6 is 7.80 Å². The van der Waals surface area contributed by atoms with E-state index in [1.54, 1.807) is 58.3 Å². The van der Waals surface area contributed by atoms with Crippen LogP contribution in [-0.4, -0.2) is 43.7 Å². The predicted molar refractivity (Wildman–Crippen MR) is 115 cm³/mol. The molecule has 0 aliphatic heterocycles. The minimum atomic E-state index is -2.23. The fourth-order valence-electron chi connectivity index (χ4n) is 2.16. The van der Waals surface area contributed by atoms with Gasteiger partial charge in [-0.25, -0.2) is 9.97 Å². The molecule has 0 fully saturated rings. The number of carbonyl (C=O) groups excluding carboxylic acids is 2. The first kappa shape index (κ1) is 24.4. The number of fused-ring (bicyclic) bond motifs is 1. The normalized spacial score (nSPS) is 13.1. The van der Waals surface area contributed by atoms with Gasteiger partial charge in [-0.1, -0.05) is 10.6 Å². The van der Waals surface area contributed by atoms with Crippen LogP contribution < -0.4 is 5.56 Å². The molecular formula is C20H28N4O6P+. The molecule has 0 aromatic carbocycles. The summed E-state index contributed by atoms with van der Waals surface area (Å²) in [5.74, 6) is -1.24. The van der Waals surface area contributed by atoms with E-state index >= 15 is 0 Å². The van der Waals surface area contributed by atoms with Gasteiger partial charge in [0.25, 0.3) is 5.56 Å². The number of hydrogen-bond donors (Lipinski definition) is 1. The van der Waals surface area contributed by atoms with Crippen LogP contribution in [0.5, 0.6) is 0 Å². The molecule has 0 aliphatic carbocycles.